The summed E-state index contributed by atoms with van der Waals surface area (Å²) < 4.78 is 0. The number of benzene rings is 1. The number of aliphatic hydroxyl groups excluding tert-OH is 1. The van der Waals surface area contributed by atoms with Crippen LogP contribution in [0.15, 0.2) is 24.3 Å². The van der Waals surface area contributed by atoms with Crippen LogP contribution in [0.3, 0.4) is 0 Å². The Morgan fingerprint density at radius 2 is 1.48 bits per heavy atom. The normalized spacial score (nSPS) is 24.0. The molecule has 3 N–H and O–H groups in total. The van der Waals surface area contributed by atoms with Crippen molar-refractivity contribution in [2.75, 3.05) is 6.61 Å². The smallest absolute Gasteiger partial charge is 0.251 e. The van der Waals surface area contributed by atoms with Crippen molar-refractivity contribution < 1.29 is 14.7 Å². The third kappa shape index (κ3) is 4.10. The minimum absolute atomic E-state index is 0.0408. The molecule has 1 aromatic rings. The van der Waals surface area contributed by atoms with Gasteiger partial charge in [-0.25, -0.2) is 0 Å². The standard InChI is InChI=1S/C18H24N2O3/c21-11-14-3-1-2-4-16(14)20-18(23)13-7-5-12(6-8-13)17(22)19-15-9-10-15/h5-8,14-16,21H,1-4,9-11H2,(H,19,22)(H,20,23). The molecule has 0 bridgehead atoms. The number of amides is 2. The minimum Gasteiger partial charge on any atom is -0.396 e. The van der Waals surface area contributed by atoms with Crippen molar-refractivity contribution in [3.63, 3.8) is 0 Å². The topological polar surface area (TPSA) is 78.4 Å². The van der Waals surface area contributed by atoms with E-state index in [1.807, 2.05) is 0 Å². The van der Waals surface area contributed by atoms with Crippen molar-refractivity contribution in [2.24, 2.45) is 5.92 Å². The third-order valence-corrected chi connectivity index (χ3v) is 4.78. The highest BCUT2D eigenvalue weighted by atomic mass is 16.3. The molecule has 2 fully saturated rings. The summed E-state index contributed by atoms with van der Waals surface area (Å²) in [6.07, 6.45) is 6.18. The second kappa shape index (κ2) is 7.13. The first-order valence-corrected chi connectivity index (χ1v) is 8.50. The molecular weight excluding hydrogens is 292 g/mol. The summed E-state index contributed by atoms with van der Waals surface area (Å²) >= 11 is 0. The largest absolute Gasteiger partial charge is 0.396 e. The van der Waals surface area contributed by atoms with E-state index in [-0.39, 0.29) is 30.4 Å². The summed E-state index contributed by atoms with van der Waals surface area (Å²) in [7, 11) is 0. The Bertz CT molecular complexity index is 566. The summed E-state index contributed by atoms with van der Waals surface area (Å²) in [6.45, 7) is 0.116. The zero-order chi connectivity index (χ0) is 16.2. The van der Waals surface area contributed by atoms with Gasteiger partial charge in [0.2, 0.25) is 0 Å². The van der Waals surface area contributed by atoms with Gasteiger partial charge < -0.3 is 15.7 Å². The van der Waals surface area contributed by atoms with Gasteiger partial charge in [0, 0.05) is 35.7 Å². The second-order valence-electron chi connectivity index (χ2n) is 6.63. The van der Waals surface area contributed by atoms with Crippen LogP contribution in [0.1, 0.15) is 59.2 Å². The molecule has 0 radical (unpaired) electrons. The average Bonchev–Trinajstić information content (AvgIpc) is 3.39. The fraction of sp³-hybridized carbons (Fsp3) is 0.556. The van der Waals surface area contributed by atoms with Crippen molar-refractivity contribution in [1.29, 1.82) is 0 Å². The predicted octanol–water partition coefficient (Wildman–Crippen LogP) is 1.86. The van der Waals surface area contributed by atoms with Crippen LogP contribution in [0.2, 0.25) is 0 Å². The van der Waals surface area contributed by atoms with E-state index in [0.29, 0.717) is 17.2 Å². The molecule has 23 heavy (non-hydrogen) atoms. The lowest BCUT2D eigenvalue weighted by Gasteiger charge is -2.30. The first-order valence-electron chi connectivity index (χ1n) is 8.50. The zero-order valence-corrected chi connectivity index (χ0v) is 13.3. The number of nitrogens with one attached hydrogen (secondary N) is 2. The zero-order valence-electron chi connectivity index (χ0n) is 13.3. The van der Waals surface area contributed by atoms with E-state index >= 15 is 0 Å². The van der Waals surface area contributed by atoms with Crippen molar-refractivity contribution in [3.05, 3.63) is 35.4 Å². The fourth-order valence-electron chi connectivity index (χ4n) is 3.14. The molecule has 0 aliphatic heterocycles. The lowest BCUT2D eigenvalue weighted by atomic mass is 9.85. The van der Waals surface area contributed by atoms with Crippen LogP contribution in [-0.4, -0.2) is 35.6 Å². The van der Waals surface area contributed by atoms with Gasteiger partial charge in [0.15, 0.2) is 0 Å². The summed E-state index contributed by atoms with van der Waals surface area (Å²) in [5, 5.41) is 15.4. The lowest BCUT2D eigenvalue weighted by Crippen LogP contribution is -2.43. The molecule has 1 aromatic carbocycles. The Morgan fingerprint density at radius 3 is 2.04 bits per heavy atom. The number of hydrogen-bond acceptors (Lipinski definition) is 3. The molecule has 5 heteroatoms. The number of aliphatic hydroxyl groups is 1. The first kappa shape index (κ1) is 16.0. The molecule has 0 saturated heterocycles. The molecule has 3 rings (SSSR count). The SMILES string of the molecule is O=C(NC1CC1)c1ccc(C(=O)NC2CCCCC2CO)cc1. The van der Waals surface area contributed by atoms with Gasteiger partial charge in [-0.1, -0.05) is 12.8 Å². The first-order chi connectivity index (χ1) is 11.2. The van der Waals surface area contributed by atoms with Crippen molar-refractivity contribution in [1.82, 2.24) is 10.6 Å². The molecule has 2 unspecified atom stereocenters. The predicted molar refractivity (Wildman–Crippen MR) is 87.2 cm³/mol. The number of carbonyl (C=O) groups excluding carboxylic acids is 2. The Hall–Kier alpha value is -1.88. The molecule has 0 spiro atoms. The van der Waals surface area contributed by atoms with E-state index in [9.17, 15) is 14.7 Å². The van der Waals surface area contributed by atoms with Crippen LogP contribution in [0, 0.1) is 5.92 Å². The highest BCUT2D eigenvalue weighted by Crippen LogP contribution is 2.24. The van der Waals surface area contributed by atoms with Crippen LogP contribution >= 0.6 is 0 Å². The summed E-state index contributed by atoms with van der Waals surface area (Å²) in [6, 6.07) is 7.13. The Balaban J connectivity index is 1.59. The van der Waals surface area contributed by atoms with Crippen molar-refractivity contribution >= 4 is 11.8 Å². The maximum Gasteiger partial charge on any atom is 0.251 e. The van der Waals surface area contributed by atoms with E-state index < -0.39 is 0 Å². The Morgan fingerprint density at radius 1 is 0.913 bits per heavy atom. The molecule has 2 saturated carbocycles. The molecule has 0 aromatic heterocycles. The maximum absolute atomic E-state index is 12.4. The van der Waals surface area contributed by atoms with Crippen LogP contribution in [0.4, 0.5) is 0 Å². The van der Waals surface area contributed by atoms with Crippen LogP contribution in [0.5, 0.6) is 0 Å². The van der Waals surface area contributed by atoms with E-state index in [4.69, 9.17) is 0 Å². The number of hydrogen-bond donors (Lipinski definition) is 3. The van der Waals surface area contributed by atoms with E-state index in [2.05, 4.69) is 10.6 Å². The van der Waals surface area contributed by atoms with Crippen LogP contribution in [0.25, 0.3) is 0 Å². The fourth-order valence-corrected chi connectivity index (χ4v) is 3.14. The highest BCUT2D eigenvalue weighted by molar-refractivity contribution is 5.98. The van der Waals surface area contributed by atoms with Gasteiger partial charge in [-0.2, -0.15) is 0 Å². The van der Waals surface area contributed by atoms with Gasteiger partial charge in [0.25, 0.3) is 11.8 Å². The van der Waals surface area contributed by atoms with Crippen molar-refractivity contribution in [2.45, 2.75) is 50.6 Å². The quantitative estimate of drug-likeness (QED) is 0.776. The summed E-state index contributed by atoms with van der Waals surface area (Å²) in [5.74, 6) is -0.0622. The van der Waals surface area contributed by atoms with E-state index in [1.165, 1.54) is 0 Å². The van der Waals surface area contributed by atoms with Gasteiger partial charge >= 0.3 is 0 Å². The summed E-state index contributed by atoms with van der Waals surface area (Å²) in [5.41, 5.74) is 1.13. The maximum atomic E-state index is 12.4. The average molecular weight is 316 g/mol. The van der Waals surface area contributed by atoms with Gasteiger partial charge in [-0.05, 0) is 49.9 Å². The summed E-state index contributed by atoms with van der Waals surface area (Å²) in [4.78, 5) is 24.3. The molecule has 2 aliphatic carbocycles. The molecule has 2 amide bonds. The van der Waals surface area contributed by atoms with Gasteiger partial charge in [-0.15, -0.1) is 0 Å². The molecule has 0 heterocycles. The molecular formula is C18H24N2O3. The number of carbonyl (C=O) groups is 2. The highest BCUT2D eigenvalue weighted by Gasteiger charge is 2.26. The van der Waals surface area contributed by atoms with Gasteiger partial charge in [0.1, 0.15) is 0 Å². The number of rotatable bonds is 5. The Labute approximate surface area is 136 Å². The van der Waals surface area contributed by atoms with Crippen LogP contribution < -0.4 is 10.6 Å². The second-order valence-corrected chi connectivity index (χ2v) is 6.63. The molecule has 2 atom stereocenters. The van der Waals surface area contributed by atoms with E-state index in [0.717, 1.165) is 38.5 Å². The molecule has 2 aliphatic rings. The monoisotopic (exact) mass is 316 g/mol. The van der Waals surface area contributed by atoms with E-state index in [1.54, 1.807) is 24.3 Å². The van der Waals surface area contributed by atoms with Gasteiger partial charge in [0.05, 0.1) is 0 Å². The lowest BCUT2D eigenvalue weighted by molar-refractivity contribution is 0.0870. The van der Waals surface area contributed by atoms with Crippen LogP contribution in [-0.2, 0) is 0 Å². The molecule has 124 valence electrons. The van der Waals surface area contributed by atoms with Crippen molar-refractivity contribution in [3.8, 4) is 0 Å². The third-order valence-electron chi connectivity index (χ3n) is 4.78. The Kier molecular flexibility index (Phi) is 4.96. The molecule has 5 nitrogen and oxygen atoms in total. The van der Waals surface area contributed by atoms with Gasteiger partial charge in [-0.3, -0.25) is 9.59 Å². The minimum atomic E-state index is -0.135.